The van der Waals surface area contributed by atoms with Crippen molar-refractivity contribution in [1.29, 1.82) is 0 Å². The van der Waals surface area contributed by atoms with Gasteiger partial charge in [-0.2, -0.15) is 0 Å². The van der Waals surface area contributed by atoms with Gasteiger partial charge in [-0.3, -0.25) is 0 Å². The van der Waals surface area contributed by atoms with Gasteiger partial charge in [-0.05, 0) is 34.2 Å². The summed E-state index contributed by atoms with van der Waals surface area (Å²) in [6.45, 7) is 0. The number of halogens is 4. The second-order valence-electron chi connectivity index (χ2n) is 2.12. The molecular weight excluding hydrogens is 298 g/mol. The van der Waals surface area contributed by atoms with Crippen LogP contribution in [0.5, 0.6) is 0 Å². The quantitative estimate of drug-likeness (QED) is 0.464. The van der Waals surface area contributed by atoms with Gasteiger partial charge >= 0.3 is 0 Å². The van der Waals surface area contributed by atoms with Crippen LogP contribution in [-0.2, 0) is 5.88 Å². The fraction of sp³-hybridized carbons (Fsp3) is 0.286. The average Bonchev–Trinajstić information content (AvgIpc) is 2.04. The van der Waals surface area contributed by atoms with Crippen LogP contribution in [0.15, 0.2) is 12.1 Å². The van der Waals surface area contributed by atoms with Crippen LogP contribution >= 0.6 is 34.2 Å². The number of aromatic nitrogens is 1. The van der Waals surface area contributed by atoms with Gasteiger partial charge in [-0.25, -0.2) is 13.8 Å². The van der Waals surface area contributed by atoms with Crippen LogP contribution < -0.4 is 0 Å². The van der Waals surface area contributed by atoms with Gasteiger partial charge in [0.05, 0.1) is 0 Å². The van der Waals surface area contributed by atoms with E-state index in [4.69, 9.17) is 11.6 Å². The molecule has 1 heterocycles. The number of rotatable bonds is 2. The van der Waals surface area contributed by atoms with Crippen molar-refractivity contribution in [3.63, 3.8) is 0 Å². The molecule has 0 saturated carbocycles. The van der Waals surface area contributed by atoms with Crippen LogP contribution in [0.4, 0.5) is 8.78 Å². The summed E-state index contributed by atoms with van der Waals surface area (Å²) in [6.07, 6.45) is -2.51. The summed E-state index contributed by atoms with van der Waals surface area (Å²) < 4.78 is 24.7. The molecule has 0 fully saturated rings. The molecular formula is C7H5ClF2IN. The Bertz CT molecular complexity index is 280. The fourth-order valence-electron chi connectivity index (χ4n) is 0.698. The molecule has 0 spiro atoms. The number of nitrogens with zero attached hydrogens (tertiary/aromatic N) is 1. The standard InChI is InChI=1S/C7H5ClF2IN/c8-3-4-1-2-5(6(9)10)12-7(4)11/h1-2,6H,3H2. The molecule has 0 aromatic carbocycles. The molecule has 0 aliphatic heterocycles. The van der Waals surface area contributed by atoms with Crippen LogP contribution in [-0.4, -0.2) is 4.98 Å². The zero-order valence-electron chi connectivity index (χ0n) is 5.90. The molecule has 0 atom stereocenters. The van der Waals surface area contributed by atoms with Gasteiger partial charge in [-0.1, -0.05) is 6.07 Å². The Labute approximate surface area is 87.3 Å². The van der Waals surface area contributed by atoms with E-state index >= 15 is 0 Å². The van der Waals surface area contributed by atoms with Crippen molar-refractivity contribution in [2.24, 2.45) is 0 Å². The van der Waals surface area contributed by atoms with E-state index in [-0.39, 0.29) is 5.69 Å². The summed E-state index contributed by atoms with van der Waals surface area (Å²) in [7, 11) is 0. The fourth-order valence-corrected chi connectivity index (χ4v) is 1.79. The van der Waals surface area contributed by atoms with Gasteiger partial charge in [-0.15, -0.1) is 11.6 Å². The lowest BCUT2D eigenvalue weighted by atomic mass is 10.3. The van der Waals surface area contributed by atoms with E-state index in [1.165, 1.54) is 6.07 Å². The van der Waals surface area contributed by atoms with E-state index in [2.05, 4.69) is 4.98 Å². The first kappa shape index (κ1) is 10.1. The molecule has 0 N–H and O–H groups in total. The molecule has 1 nitrogen and oxygen atoms in total. The Morgan fingerprint density at radius 2 is 2.17 bits per heavy atom. The first-order valence-corrected chi connectivity index (χ1v) is 4.76. The van der Waals surface area contributed by atoms with Crippen LogP contribution in [0, 0.1) is 3.70 Å². The van der Waals surface area contributed by atoms with Crippen molar-refractivity contribution in [3.8, 4) is 0 Å². The van der Waals surface area contributed by atoms with Gasteiger partial charge < -0.3 is 0 Å². The van der Waals surface area contributed by atoms with E-state index in [0.29, 0.717) is 9.58 Å². The summed E-state index contributed by atoms with van der Waals surface area (Å²) in [4.78, 5) is 3.70. The zero-order chi connectivity index (χ0) is 9.14. The first-order valence-electron chi connectivity index (χ1n) is 3.14. The molecule has 0 aliphatic rings. The molecule has 0 radical (unpaired) electrons. The lowest BCUT2D eigenvalue weighted by molar-refractivity contribution is 0.146. The van der Waals surface area contributed by atoms with E-state index < -0.39 is 6.43 Å². The molecule has 1 aromatic rings. The summed E-state index contributed by atoms with van der Waals surface area (Å²) in [5, 5.41) is 0. The zero-order valence-corrected chi connectivity index (χ0v) is 8.81. The van der Waals surface area contributed by atoms with E-state index in [1.54, 1.807) is 6.07 Å². The Morgan fingerprint density at radius 1 is 1.50 bits per heavy atom. The Kier molecular flexibility index (Phi) is 3.64. The first-order chi connectivity index (χ1) is 5.65. The van der Waals surface area contributed by atoms with Crippen LogP contribution in [0.25, 0.3) is 0 Å². The minimum Gasteiger partial charge on any atom is -0.241 e. The van der Waals surface area contributed by atoms with Crippen LogP contribution in [0.1, 0.15) is 17.7 Å². The molecule has 1 rings (SSSR count). The number of hydrogen-bond acceptors (Lipinski definition) is 1. The molecule has 0 aliphatic carbocycles. The molecule has 0 bridgehead atoms. The van der Waals surface area contributed by atoms with Crippen molar-refractivity contribution in [1.82, 2.24) is 4.98 Å². The van der Waals surface area contributed by atoms with Gasteiger partial charge in [0.25, 0.3) is 6.43 Å². The van der Waals surface area contributed by atoms with Crippen LogP contribution in [0.3, 0.4) is 0 Å². The second-order valence-corrected chi connectivity index (χ2v) is 3.41. The second kappa shape index (κ2) is 4.32. The Morgan fingerprint density at radius 3 is 2.58 bits per heavy atom. The minimum absolute atomic E-state index is 0.201. The predicted octanol–water partition coefficient (Wildman–Crippen LogP) is 3.36. The smallest absolute Gasteiger partial charge is 0.241 e. The van der Waals surface area contributed by atoms with Crippen molar-refractivity contribution in [2.45, 2.75) is 12.3 Å². The molecule has 0 saturated heterocycles. The highest BCUT2D eigenvalue weighted by Gasteiger charge is 2.10. The average molecular weight is 303 g/mol. The van der Waals surface area contributed by atoms with Gasteiger partial charge in [0.1, 0.15) is 9.39 Å². The predicted molar refractivity (Wildman–Crippen MR) is 51.5 cm³/mol. The van der Waals surface area contributed by atoms with E-state index in [1.807, 2.05) is 22.6 Å². The van der Waals surface area contributed by atoms with Gasteiger partial charge in [0.2, 0.25) is 0 Å². The lowest BCUT2D eigenvalue weighted by Gasteiger charge is -2.02. The van der Waals surface area contributed by atoms with Gasteiger partial charge in [0, 0.05) is 5.88 Å². The summed E-state index contributed by atoms with van der Waals surface area (Å²) in [6, 6.07) is 2.87. The maximum Gasteiger partial charge on any atom is 0.280 e. The largest absolute Gasteiger partial charge is 0.280 e. The Hall–Kier alpha value is 0.0300. The summed E-state index contributed by atoms with van der Waals surface area (Å²) in [5.74, 6) is 0.300. The maximum atomic E-state index is 12.1. The highest BCUT2D eigenvalue weighted by atomic mass is 127. The number of pyridine rings is 1. The molecule has 5 heteroatoms. The topological polar surface area (TPSA) is 12.9 Å². The molecule has 12 heavy (non-hydrogen) atoms. The summed E-state index contributed by atoms with van der Waals surface area (Å²) >= 11 is 7.42. The van der Waals surface area contributed by atoms with Crippen molar-refractivity contribution in [3.05, 3.63) is 27.1 Å². The van der Waals surface area contributed by atoms with Gasteiger partial charge in [0.15, 0.2) is 0 Å². The number of hydrogen-bond donors (Lipinski definition) is 0. The monoisotopic (exact) mass is 303 g/mol. The minimum atomic E-state index is -2.51. The maximum absolute atomic E-state index is 12.1. The van der Waals surface area contributed by atoms with Crippen molar-refractivity contribution >= 4 is 34.2 Å². The van der Waals surface area contributed by atoms with Crippen molar-refractivity contribution in [2.75, 3.05) is 0 Å². The molecule has 66 valence electrons. The van der Waals surface area contributed by atoms with Crippen molar-refractivity contribution < 1.29 is 8.78 Å². The third-order valence-electron chi connectivity index (χ3n) is 1.32. The molecule has 0 unspecified atom stereocenters. The molecule has 1 aromatic heterocycles. The highest BCUT2D eigenvalue weighted by molar-refractivity contribution is 14.1. The third-order valence-corrected chi connectivity index (χ3v) is 2.54. The Balaban J connectivity index is 3.02. The SMILES string of the molecule is FC(F)c1ccc(CCl)c(I)n1. The normalized spacial score (nSPS) is 10.8. The highest BCUT2D eigenvalue weighted by Crippen LogP contribution is 2.20. The van der Waals surface area contributed by atoms with Crippen LogP contribution in [0.2, 0.25) is 0 Å². The summed E-state index contributed by atoms with van der Waals surface area (Å²) in [5.41, 5.74) is 0.579. The van der Waals surface area contributed by atoms with E-state index in [9.17, 15) is 8.78 Å². The lowest BCUT2D eigenvalue weighted by Crippen LogP contribution is -1.95. The number of alkyl halides is 3. The third kappa shape index (κ3) is 2.26. The van der Waals surface area contributed by atoms with E-state index in [0.717, 1.165) is 5.56 Å². The molecule has 0 amide bonds.